The normalized spacial score (nSPS) is 11.8. The summed E-state index contributed by atoms with van der Waals surface area (Å²) in [5.41, 5.74) is 1.36. The highest BCUT2D eigenvalue weighted by molar-refractivity contribution is 7.92. The SMILES string of the molecule is CCn1c(=O)oc2cc(NS(=O)(=O)c3ccc(F)c(C)c3)ccc21. The number of benzene rings is 2. The van der Waals surface area contributed by atoms with Crippen LogP contribution in [0.2, 0.25) is 0 Å². The molecule has 0 aliphatic carbocycles. The second-order valence-corrected chi connectivity index (χ2v) is 6.99. The van der Waals surface area contributed by atoms with E-state index in [4.69, 9.17) is 4.42 Å². The highest BCUT2D eigenvalue weighted by atomic mass is 32.2. The maximum atomic E-state index is 13.3. The molecule has 8 heteroatoms. The Bertz CT molecular complexity index is 1080. The summed E-state index contributed by atoms with van der Waals surface area (Å²) in [4.78, 5) is 11.6. The maximum absolute atomic E-state index is 13.3. The van der Waals surface area contributed by atoms with E-state index in [2.05, 4.69) is 4.72 Å². The van der Waals surface area contributed by atoms with Crippen molar-refractivity contribution < 1.29 is 17.2 Å². The van der Waals surface area contributed by atoms with Crippen LogP contribution >= 0.6 is 0 Å². The van der Waals surface area contributed by atoms with E-state index in [1.165, 1.54) is 35.8 Å². The van der Waals surface area contributed by atoms with E-state index < -0.39 is 21.6 Å². The van der Waals surface area contributed by atoms with Crippen LogP contribution in [-0.4, -0.2) is 13.0 Å². The minimum Gasteiger partial charge on any atom is -0.408 e. The number of aromatic nitrogens is 1. The fourth-order valence-electron chi connectivity index (χ4n) is 2.43. The number of fused-ring (bicyclic) bond motifs is 1. The molecule has 0 saturated carbocycles. The fourth-order valence-corrected chi connectivity index (χ4v) is 3.56. The molecule has 0 aliphatic rings. The van der Waals surface area contributed by atoms with Gasteiger partial charge in [0.25, 0.3) is 10.0 Å². The summed E-state index contributed by atoms with van der Waals surface area (Å²) in [6.45, 7) is 3.75. The van der Waals surface area contributed by atoms with Crippen LogP contribution in [-0.2, 0) is 16.6 Å². The summed E-state index contributed by atoms with van der Waals surface area (Å²) in [5, 5.41) is 0. The molecule has 0 atom stereocenters. The molecule has 0 amide bonds. The molecule has 0 aliphatic heterocycles. The number of hydrogen-bond donors (Lipinski definition) is 1. The molecule has 2 aromatic carbocycles. The van der Waals surface area contributed by atoms with Gasteiger partial charge in [0.2, 0.25) is 0 Å². The molecular weight excluding hydrogens is 335 g/mol. The first kappa shape index (κ1) is 16.3. The van der Waals surface area contributed by atoms with Gasteiger partial charge in [0.05, 0.1) is 16.1 Å². The number of oxazole rings is 1. The Balaban J connectivity index is 1.99. The molecule has 0 radical (unpaired) electrons. The molecule has 3 aromatic rings. The lowest BCUT2D eigenvalue weighted by Gasteiger charge is -2.09. The number of sulfonamides is 1. The minimum atomic E-state index is -3.87. The second kappa shape index (κ2) is 5.79. The van der Waals surface area contributed by atoms with Crippen LogP contribution in [0, 0.1) is 12.7 Å². The molecule has 3 rings (SSSR count). The average molecular weight is 350 g/mol. The van der Waals surface area contributed by atoms with Gasteiger partial charge in [-0.05, 0) is 49.7 Å². The zero-order valence-corrected chi connectivity index (χ0v) is 13.9. The summed E-state index contributed by atoms with van der Waals surface area (Å²) < 4.78 is 47.0. The number of rotatable bonds is 4. The number of anilines is 1. The van der Waals surface area contributed by atoms with E-state index in [9.17, 15) is 17.6 Å². The van der Waals surface area contributed by atoms with E-state index in [-0.39, 0.29) is 21.7 Å². The van der Waals surface area contributed by atoms with Crippen LogP contribution in [0.1, 0.15) is 12.5 Å². The monoisotopic (exact) mass is 350 g/mol. The molecule has 126 valence electrons. The fraction of sp³-hybridized carbons (Fsp3) is 0.188. The van der Waals surface area contributed by atoms with E-state index in [0.717, 1.165) is 6.07 Å². The zero-order valence-electron chi connectivity index (χ0n) is 13.0. The van der Waals surface area contributed by atoms with Crippen LogP contribution in [0.3, 0.4) is 0 Å². The lowest BCUT2D eigenvalue weighted by atomic mass is 10.2. The van der Waals surface area contributed by atoms with Crippen LogP contribution in [0.15, 0.2) is 50.5 Å². The van der Waals surface area contributed by atoms with Crippen LogP contribution in [0.25, 0.3) is 11.1 Å². The third-order valence-corrected chi connectivity index (χ3v) is 5.06. The maximum Gasteiger partial charge on any atom is 0.419 e. The Labute approximate surface area is 137 Å². The van der Waals surface area contributed by atoms with Gasteiger partial charge in [0.1, 0.15) is 5.82 Å². The summed E-state index contributed by atoms with van der Waals surface area (Å²) >= 11 is 0. The Morgan fingerprint density at radius 3 is 2.62 bits per heavy atom. The van der Waals surface area contributed by atoms with Crippen molar-refractivity contribution in [2.45, 2.75) is 25.3 Å². The lowest BCUT2D eigenvalue weighted by Crippen LogP contribution is -2.13. The summed E-state index contributed by atoms with van der Waals surface area (Å²) in [7, 11) is -3.87. The minimum absolute atomic E-state index is 0.0472. The van der Waals surface area contributed by atoms with Gasteiger partial charge >= 0.3 is 5.76 Å². The molecule has 24 heavy (non-hydrogen) atoms. The van der Waals surface area contributed by atoms with Gasteiger partial charge in [-0.3, -0.25) is 9.29 Å². The van der Waals surface area contributed by atoms with Gasteiger partial charge in [-0.25, -0.2) is 17.6 Å². The lowest BCUT2D eigenvalue weighted by molar-refractivity contribution is 0.513. The van der Waals surface area contributed by atoms with Gasteiger partial charge < -0.3 is 4.42 Å². The molecule has 0 saturated heterocycles. The van der Waals surface area contributed by atoms with E-state index >= 15 is 0 Å². The molecular formula is C16H15FN2O4S. The van der Waals surface area contributed by atoms with E-state index in [0.29, 0.717) is 12.1 Å². The third-order valence-electron chi connectivity index (χ3n) is 3.68. The molecule has 1 heterocycles. The Kier molecular flexibility index (Phi) is 3.92. The van der Waals surface area contributed by atoms with Gasteiger partial charge in [-0.1, -0.05) is 0 Å². The largest absolute Gasteiger partial charge is 0.419 e. The number of halogens is 1. The first-order chi connectivity index (χ1) is 11.3. The van der Waals surface area contributed by atoms with E-state index in [1.807, 2.05) is 6.92 Å². The molecule has 0 bridgehead atoms. The van der Waals surface area contributed by atoms with Gasteiger partial charge in [0.15, 0.2) is 5.58 Å². The highest BCUT2D eigenvalue weighted by Gasteiger charge is 2.17. The summed E-state index contributed by atoms with van der Waals surface area (Å²) in [6, 6.07) is 8.14. The van der Waals surface area contributed by atoms with Crippen molar-refractivity contribution in [1.29, 1.82) is 0 Å². The number of aryl methyl sites for hydroxylation is 2. The standard InChI is InChI=1S/C16H15FN2O4S/c1-3-19-14-7-4-11(9-15(14)23-16(19)20)18-24(21,22)12-5-6-13(17)10(2)8-12/h4-9,18H,3H2,1-2H3. The third kappa shape index (κ3) is 2.80. The average Bonchev–Trinajstić information content (AvgIpc) is 2.83. The van der Waals surface area contributed by atoms with Crippen molar-refractivity contribution in [1.82, 2.24) is 4.57 Å². The highest BCUT2D eigenvalue weighted by Crippen LogP contribution is 2.22. The Hall–Kier alpha value is -2.61. The van der Waals surface area contributed by atoms with E-state index in [1.54, 1.807) is 6.07 Å². The van der Waals surface area contributed by atoms with Gasteiger partial charge in [-0.2, -0.15) is 0 Å². The topological polar surface area (TPSA) is 81.3 Å². The molecule has 0 fully saturated rings. The first-order valence-electron chi connectivity index (χ1n) is 7.24. The van der Waals surface area contributed by atoms with Crippen LogP contribution in [0.4, 0.5) is 10.1 Å². The molecule has 0 unspecified atom stereocenters. The predicted molar refractivity (Wildman–Crippen MR) is 88.1 cm³/mol. The smallest absolute Gasteiger partial charge is 0.408 e. The zero-order chi connectivity index (χ0) is 17.5. The molecule has 1 aromatic heterocycles. The number of nitrogens with one attached hydrogen (secondary N) is 1. The van der Waals surface area contributed by atoms with Gasteiger partial charge in [-0.15, -0.1) is 0 Å². The number of hydrogen-bond acceptors (Lipinski definition) is 4. The van der Waals surface area contributed by atoms with Crippen LogP contribution in [0.5, 0.6) is 0 Å². The molecule has 6 nitrogen and oxygen atoms in total. The van der Waals surface area contributed by atoms with Crippen molar-refractivity contribution in [2.24, 2.45) is 0 Å². The van der Waals surface area contributed by atoms with Crippen molar-refractivity contribution in [3.8, 4) is 0 Å². The van der Waals surface area contributed by atoms with Crippen molar-refractivity contribution in [3.05, 3.63) is 58.3 Å². The quantitative estimate of drug-likeness (QED) is 0.784. The number of nitrogens with zero attached hydrogens (tertiary/aromatic N) is 1. The second-order valence-electron chi connectivity index (χ2n) is 5.31. The predicted octanol–water partition coefficient (Wildman–Crippen LogP) is 2.86. The summed E-state index contributed by atoms with van der Waals surface area (Å²) in [5.74, 6) is -0.972. The van der Waals surface area contributed by atoms with Crippen molar-refractivity contribution in [3.63, 3.8) is 0 Å². The van der Waals surface area contributed by atoms with Crippen LogP contribution < -0.4 is 10.5 Å². The van der Waals surface area contributed by atoms with Crippen molar-refractivity contribution in [2.75, 3.05) is 4.72 Å². The van der Waals surface area contributed by atoms with Gasteiger partial charge in [0, 0.05) is 12.6 Å². The first-order valence-corrected chi connectivity index (χ1v) is 8.72. The Morgan fingerprint density at radius 1 is 1.21 bits per heavy atom. The summed E-state index contributed by atoms with van der Waals surface area (Å²) in [6.07, 6.45) is 0. The molecule has 1 N–H and O–H groups in total. The van der Waals surface area contributed by atoms with Crippen molar-refractivity contribution >= 4 is 26.8 Å². The Morgan fingerprint density at radius 2 is 1.96 bits per heavy atom. The molecule has 0 spiro atoms.